The first-order chi connectivity index (χ1) is 13.2. The van der Waals surface area contributed by atoms with Crippen LogP contribution in [0.2, 0.25) is 0 Å². The van der Waals surface area contributed by atoms with Gasteiger partial charge in [-0.15, -0.1) is 11.3 Å². The van der Waals surface area contributed by atoms with Crippen molar-refractivity contribution in [2.75, 3.05) is 13.1 Å². The van der Waals surface area contributed by atoms with Crippen LogP contribution in [0.25, 0.3) is 0 Å². The third-order valence-electron chi connectivity index (χ3n) is 3.88. The summed E-state index contributed by atoms with van der Waals surface area (Å²) >= 11 is 5.20. The standard InChI is InChI=1S/C20H23BrN4OS/c1-15-13-24-19(27-15)9-11-23-20(22-10-8-18-3-2-12-26-18)25-14-16-4-6-17(21)7-5-16/h2-7,12-13H,8-11,14H2,1H3,(H2,22,23,25). The van der Waals surface area contributed by atoms with Crippen molar-refractivity contribution in [1.29, 1.82) is 0 Å². The molecule has 0 bridgehead atoms. The monoisotopic (exact) mass is 446 g/mol. The van der Waals surface area contributed by atoms with Gasteiger partial charge < -0.3 is 15.1 Å². The van der Waals surface area contributed by atoms with Crippen molar-refractivity contribution in [2.45, 2.75) is 26.3 Å². The van der Waals surface area contributed by atoms with Crippen molar-refractivity contribution in [3.8, 4) is 0 Å². The lowest BCUT2D eigenvalue weighted by molar-refractivity contribution is 0.506. The van der Waals surface area contributed by atoms with E-state index in [9.17, 15) is 0 Å². The number of nitrogens with one attached hydrogen (secondary N) is 2. The predicted octanol–water partition coefficient (Wildman–Crippen LogP) is 4.33. The fourth-order valence-electron chi connectivity index (χ4n) is 2.50. The van der Waals surface area contributed by atoms with E-state index in [0.29, 0.717) is 6.54 Å². The molecule has 142 valence electrons. The lowest BCUT2D eigenvalue weighted by Crippen LogP contribution is -2.39. The number of aryl methyl sites for hydroxylation is 1. The summed E-state index contributed by atoms with van der Waals surface area (Å²) in [5.41, 5.74) is 1.17. The zero-order chi connectivity index (χ0) is 18.9. The van der Waals surface area contributed by atoms with Crippen LogP contribution in [0.15, 0.2) is 62.7 Å². The van der Waals surface area contributed by atoms with Crippen molar-refractivity contribution >= 4 is 33.2 Å². The van der Waals surface area contributed by atoms with Gasteiger partial charge in [0.05, 0.1) is 17.8 Å². The zero-order valence-corrected chi connectivity index (χ0v) is 17.6. The van der Waals surface area contributed by atoms with Crippen LogP contribution in [0.1, 0.15) is 21.2 Å². The highest BCUT2D eigenvalue weighted by molar-refractivity contribution is 9.10. The number of thiazole rings is 1. The maximum atomic E-state index is 5.39. The number of nitrogens with zero attached hydrogens (tertiary/aromatic N) is 2. The number of halogens is 1. The molecule has 0 radical (unpaired) electrons. The summed E-state index contributed by atoms with van der Waals surface area (Å²) in [5.74, 6) is 1.77. The minimum Gasteiger partial charge on any atom is -0.469 e. The van der Waals surface area contributed by atoms with Crippen LogP contribution in [-0.4, -0.2) is 24.0 Å². The molecule has 0 saturated carbocycles. The molecule has 0 aliphatic rings. The quantitative estimate of drug-likeness (QED) is 0.399. The van der Waals surface area contributed by atoms with Crippen molar-refractivity contribution < 1.29 is 4.42 Å². The van der Waals surface area contributed by atoms with Gasteiger partial charge in [-0.1, -0.05) is 28.1 Å². The SMILES string of the molecule is Cc1cnc(CCNC(=NCc2ccc(Br)cc2)NCCc2ccco2)s1. The molecular weight excluding hydrogens is 424 g/mol. The van der Waals surface area contributed by atoms with Crippen LogP contribution in [0.5, 0.6) is 0 Å². The van der Waals surface area contributed by atoms with Gasteiger partial charge in [-0.25, -0.2) is 9.98 Å². The molecule has 5 nitrogen and oxygen atoms in total. The van der Waals surface area contributed by atoms with E-state index in [0.717, 1.165) is 47.1 Å². The van der Waals surface area contributed by atoms with Gasteiger partial charge in [0, 0.05) is 41.5 Å². The van der Waals surface area contributed by atoms with Gasteiger partial charge in [-0.2, -0.15) is 0 Å². The number of benzene rings is 1. The van der Waals surface area contributed by atoms with Gasteiger partial charge in [-0.3, -0.25) is 0 Å². The smallest absolute Gasteiger partial charge is 0.191 e. The van der Waals surface area contributed by atoms with Crippen LogP contribution in [0.4, 0.5) is 0 Å². The Kier molecular flexibility index (Phi) is 7.47. The summed E-state index contributed by atoms with van der Waals surface area (Å²) in [6, 6.07) is 12.1. The van der Waals surface area contributed by atoms with Crippen molar-refractivity contribution in [3.05, 3.63) is 74.5 Å². The molecule has 2 aromatic heterocycles. The number of rotatable bonds is 8. The summed E-state index contributed by atoms with van der Waals surface area (Å²) in [4.78, 5) is 10.4. The molecule has 2 heterocycles. The number of hydrogen-bond acceptors (Lipinski definition) is 4. The van der Waals surface area contributed by atoms with E-state index in [2.05, 4.69) is 50.6 Å². The Labute approximate surface area is 172 Å². The third kappa shape index (κ3) is 6.84. The van der Waals surface area contributed by atoms with Crippen molar-refractivity contribution in [1.82, 2.24) is 15.6 Å². The van der Waals surface area contributed by atoms with Crippen LogP contribution in [-0.2, 0) is 19.4 Å². The van der Waals surface area contributed by atoms with E-state index in [1.807, 2.05) is 30.5 Å². The Balaban J connectivity index is 1.54. The molecule has 7 heteroatoms. The normalized spacial score (nSPS) is 11.6. The lowest BCUT2D eigenvalue weighted by atomic mass is 10.2. The molecule has 0 aliphatic heterocycles. The van der Waals surface area contributed by atoms with E-state index in [-0.39, 0.29) is 0 Å². The number of aromatic nitrogens is 1. The Morgan fingerprint density at radius 1 is 1.15 bits per heavy atom. The highest BCUT2D eigenvalue weighted by Crippen LogP contribution is 2.12. The predicted molar refractivity (Wildman–Crippen MR) is 114 cm³/mol. The minimum atomic E-state index is 0.625. The Hall–Kier alpha value is -2.12. The number of furan rings is 1. The number of hydrogen-bond donors (Lipinski definition) is 2. The van der Waals surface area contributed by atoms with E-state index in [4.69, 9.17) is 9.41 Å². The van der Waals surface area contributed by atoms with Gasteiger partial charge in [0.15, 0.2) is 5.96 Å². The van der Waals surface area contributed by atoms with E-state index >= 15 is 0 Å². The molecule has 0 spiro atoms. The molecule has 0 atom stereocenters. The largest absolute Gasteiger partial charge is 0.469 e. The summed E-state index contributed by atoms with van der Waals surface area (Å²) in [6.07, 6.45) is 5.32. The van der Waals surface area contributed by atoms with E-state index < -0.39 is 0 Å². The molecule has 0 fully saturated rings. The second-order valence-electron chi connectivity index (χ2n) is 6.09. The van der Waals surface area contributed by atoms with Gasteiger partial charge in [-0.05, 0) is 36.8 Å². The van der Waals surface area contributed by atoms with Gasteiger partial charge in [0.2, 0.25) is 0 Å². The highest BCUT2D eigenvalue weighted by Gasteiger charge is 2.03. The summed E-state index contributed by atoms with van der Waals surface area (Å²) < 4.78 is 6.46. The zero-order valence-electron chi connectivity index (χ0n) is 15.2. The first kappa shape index (κ1) is 19.6. The maximum absolute atomic E-state index is 5.39. The molecule has 27 heavy (non-hydrogen) atoms. The molecule has 0 unspecified atom stereocenters. The highest BCUT2D eigenvalue weighted by atomic mass is 79.9. The number of guanidine groups is 1. The summed E-state index contributed by atoms with van der Waals surface area (Å²) in [7, 11) is 0. The topological polar surface area (TPSA) is 62.5 Å². The first-order valence-corrected chi connectivity index (χ1v) is 10.5. The summed E-state index contributed by atoms with van der Waals surface area (Å²) in [5, 5.41) is 7.93. The molecule has 3 rings (SSSR count). The molecule has 2 N–H and O–H groups in total. The van der Waals surface area contributed by atoms with Crippen LogP contribution in [0, 0.1) is 6.92 Å². The molecule has 1 aromatic carbocycles. The van der Waals surface area contributed by atoms with Gasteiger partial charge >= 0.3 is 0 Å². The van der Waals surface area contributed by atoms with Gasteiger partial charge in [0.25, 0.3) is 0 Å². The fourth-order valence-corrected chi connectivity index (χ4v) is 3.55. The molecular formula is C20H23BrN4OS. The molecule has 0 aliphatic carbocycles. The average molecular weight is 447 g/mol. The second kappa shape index (κ2) is 10.3. The maximum Gasteiger partial charge on any atom is 0.191 e. The van der Waals surface area contributed by atoms with Crippen LogP contribution >= 0.6 is 27.3 Å². The Morgan fingerprint density at radius 3 is 2.59 bits per heavy atom. The lowest BCUT2D eigenvalue weighted by Gasteiger charge is -2.12. The Morgan fingerprint density at radius 2 is 1.93 bits per heavy atom. The second-order valence-corrected chi connectivity index (χ2v) is 8.32. The van der Waals surface area contributed by atoms with Crippen molar-refractivity contribution in [2.24, 2.45) is 4.99 Å². The van der Waals surface area contributed by atoms with E-state index in [1.54, 1.807) is 17.6 Å². The minimum absolute atomic E-state index is 0.625. The Bertz CT molecular complexity index is 843. The molecule has 0 saturated heterocycles. The van der Waals surface area contributed by atoms with Crippen LogP contribution in [0.3, 0.4) is 0 Å². The molecule has 0 amide bonds. The third-order valence-corrected chi connectivity index (χ3v) is 5.38. The average Bonchev–Trinajstić information content (AvgIpc) is 3.32. The first-order valence-electron chi connectivity index (χ1n) is 8.89. The fraction of sp³-hybridized carbons (Fsp3) is 0.300. The summed E-state index contributed by atoms with van der Waals surface area (Å²) in [6.45, 7) is 4.26. The number of aliphatic imine (C=N–C) groups is 1. The van der Waals surface area contributed by atoms with Crippen LogP contribution < -0.4 is 10.6 Å². The molecule has 3 aromatic rings. The van der Waals surface area contributed by atoms with Crippen molar-refractivity contribution in [3.63, 3.8) is 0 Å². The van der Waals surface area contributed by atoms with Gasteiger partial charge in [0.1, 0.15) is 5.76 Å². The van der Waals surface area contributed by atoms with E-state index in [1.165, 1.54) is 10.4 Å².